The summed E-state index contributed by atoms with van der Waals surface area (Å²) < 4.78 is 0. The summed E-state index contributed by atoms with van der Waals surface area (Å²) in [4.78, 5) is 3.94. The largest absolute Gasteiger partial charge is 0.508 e. The van der Waals surface area contributed by atoms with Gasteiger partial charge in [0, 0.05) is 37.3 Å². The molecule has 0 amide bonds. The summed E-state index contributed by atoms with van der Waals surface area (Å²) in [5.41, 5.74) is 1.58. The zero-order valence-electron chi connectivity index (χ0n) is 15.3. The molecule has 0 atom stereocenters. The van der Waals surface area contributed by atoms with E-state index in [1.165, 1.54) is 0 Å². The van der Waals surface area contributed by atoms with Gasteiger partial charge in [-0.1, -0.05) is 36.4 Å². The molecule has 27 heavy (non-hydrogen) atoms. The van der Waals surface area contributed by atoms with Crippen molar-refractivity contribution in [3.05, 3.63) is 59.7 Å². The standard InChI is InChI=1S/C21H24N4O2/c22-10-14-24(16-18-6-1-3-8-20(18)26)12-5-13-25(15-11-23)17-19-7-2-4-9-21(19)27/h1-4,6-9,26-27H,5,12-17H2. The first-order valence-electron chi connectivity index (χ1n) is 8.86. The minimum atomic E-state index is 0.228. The predicted octanol–water partition coefficient (Wildman–Crippen LogP) is 2.84. The lowest BCUT2D eigenvalue weighted by atomic mass is 10.1. The van der Waals surface area contributed by atoms with Gasteiger partial charge in [0.2, 0.25) is 0 Å². The average Bonchev–Trinajstić information content (AvgIpc) is 2.65. The molecule has 2 aromatic rings. The highest BCUT2D eigenvalue weighted by molar-refractivity contribution is 5.32. The Balaban J connectivity index is 1.91. The molecule has 0 radical (unpaired) electrons. The van der Waals surface area contributed by atoms with Gasteiger partial charge in [-0.2, -0.15) is 10.5 Å². The summed E-state index contributed by atoms with van der Waals surface area (Å²) in [6.45, 7) is 2.88. The number of aromatic hydroxyl groups is 2. The van der Waals surface area contributed by atoms with E-state index in [2.05, 4.69) is 12.1 Å². The summed E-state index contributed by atoms with van der Waals surface area (Å²) in [7, 11) is 0. The normalized spacial score (nSPS) is 10.7. The average molecular weight is 364 g/mol. The molecule has 2 rings (SSSR count). The van der Waals surface area contributed by atoms with E-state index < -0.39 is 0 Å². The molecule has 6 nitrogen and oxygen atoms in total. The number of phenolic OH excluding ortho intramolecular Hbond substituents is 2. The zero-order chi connectivity index (χ0) is 19.5. The van der Waals surface area contributed by atoms with E-state index in [-0.39, 0.29) is 24.6 Å². The molecule has 0 fully saturated rings. The van der Waals surface area contributed by atoms with E-state index in [9.17, 15) is 10.2 Å². The van der Waals surface area contributed by atoms with Crippen LogP contribution in [0.5, 0.6) is 11.5 Å². The molecule has 0 aromatic heterocycles. The van der Waals surface area contributed by atoms with Crippen LogP contribution in [0.3, 0.4) is 0 Å². The van der Waals surface area contributed by atoms with Crippen molar-refractivity contribution in [2.75, 3.05) is 26.2 Å². The van der Waals surface area contributed by atoms with Crippen molar-refractivity contribution in [1.82, 2.24) is 9.80 Å². The zero-order valence-corrected chi connectivity index (χ0v) is 15.3. The molecule has 2 N–H and O–H groups in total. The minimum absolute atomic E-state index is 0.228. The molecule has 0 aliphatic carbocycles. The Morgan fingerprint density at radius 2 is 1.11 bits per heavy atom. The highest BCUT2D eigenvalue weighted by Crippen LogP contribution is 2.19. The van der Waals surface area contributed by atoms with Gasteiger partial charge in [0.1, 0.15) is 11.5 Å². The Labute approximate surface area is 160 Å². The van der Waals surface area contributed by atoms with Crippen LogP contribution in [0.2, 0.25) is 0 Å². The van der Waals surface area contributed by atoms with E-state index in [1.807, 2.05) is 34.1 Å². The summed E-state index contributed by atoms with van der Waals surface area (Å²) in [6.07, 6.45) is 0.768. The Kier molecular flexibility index (Phi) is 8.12. The molecule has 0 aliphatic heterocycles. The van der Waals surface area contributed by atoms with Crippen molar-refractivity contribution < 1.29 is 10.2 Å². The number of hydrogen-bond donors (Lipinski definition) is 2. The molecule has 0 bridgehead atoms. The van der Waals surface area contributed by atoms with Crippen LogP contribution >= 0.6 is 0 Å². The lowest BCUT2D eigenvalue weighted by Crippen LogP contribution is -2.30. The van der Waals surface area contributed by atoms with Gasteiger partial charge >= 0.3 is 0 Å². The number of benzene rings is 2. The number of rotatable bonds is 10. The first-order chi connectivity index (χ1) is 13.1. The van der Waals surface area contributed by atoms with Gasteiger partial charge in [0.15, 0.2) is 0 Å². The lowest BCUT2D eigenvalue weighted by molar-refractivity contribution is 0.241. The predicted molar refractivity (Wildman–Crippen MR) is 103 cm³/mol. The maximum atomic E-state index is 9.92. The van der Waals surface area contributed by atoms with Gasteiger partial charge in [0.25, 0.3) is 0 Å². The third-order valence-corrected chi connectivity index (χ3v) is 4.31. The molecule has 0 saturated carbocycles. The molecule has 0 unspecified atom stereocenters. The van der Waals surface area contributed by atoms with Gasteiger partial charge in [-0.15, -0.1) is 0 Å². The van der Waals surface area contributed by atoms with Crippen molar-refractivity contribution in [3.8, 4) is 23.6 Å². The maximum Gasteiger partial charge on any atom is 0.120 e. The first kappa shape index (κ1) is 20.3. The number of nitriles is 2. The van der Waals surface area contributed by atoms with E-state index in [4.69, 9.17) is 10.5 Å². The molecular formula is C21H24N4O2. The minimum Gasteiger partial charge on any atom is -0.508 e. The van der Waals surface area contributed by atoms with Crippen LogP contribution in [0.15, 0.2) is 48.5 Å². The number of phenols is 2. The fourth-order valence-electron chi connectivity index (χ4n) is 2.92. The number of para-hydroxylation sites is 2. The summed E-state index contributed by atoms with van der Waals surface area (Å²) in [6, 6.07) is 18.6. The third-order valence-electron chi connectivity index (χ3n) is 4.31. The van der Waals surface area contributed by atoms with Crippen molar-refractivity contribution in [2.45, 2.75) is 19.5 Å². The summed E-state index contributed by atoms with van der Waals surface area (Å²) >= 11 is 0. The molecule has 0 heterocycles. The molecular weight excluding hydrogens is 340 g/mol. The Hall–Kier alpha value is -3.06. The van der Waals surface area contributed by atoms with E-state index in [1.54, 1.807) is 24.3 Å². The molecule has 140 valence electrons. The van der Waals surface area contributed by atoms with E-state index in [0.717, 1.165) is 17.5 Å². The highest BCUT2D eigenvalue weighted by Gasteiger charge is 2.12. The Morgan fingerprint density at radius 1 is 0.704 bits per heavy atom. The van der Waals surface area contributed by atoms with Gasteiger partial charge in [-0.05, 0) is 18.6 Å². The molecule has 0 saturated heterocycles. The lowest BCUT2D eigenvalue weighted by Gasteiger charge is -2.23. The molecule has 2 aromatic carbocycles. The van der Waals surface area contributed by atoms with Crippen LogP contribution in [0, 0.1) is 22.7 Å². The smallest absolute Gasteiger partial charge is 0.120 e. The van der Waals surface area contributed by atoms with Crippen LogP contribution in [-0.2, 0) is 13.1 Å². The Morgan fingerprint density at radius 3 is 1.48 bits per heavy atom. The highest BCUT2D eigenvalue weighted by atomic mass is 16.3. The van der Waals surface area contributed by atoms with Crippen LogP contribution in [0.1, 0.15) is 17.5 Å². The summed E-state index contributed by atoms with van der Waals surface area (Å²) in [5, 5.41) is 38.0. The van der Waals surface area contributed by atoms with Crippen LogP contribution in [-0.4, -0.2) is 46.2 Å². The monoisotopic (exact) mass is 364 g/mol. The second-order valence-electron chi connectivity index (χ2n) is 6.35. The van der Waals surface area contributed by atoms with E-state index >= 15 is 0 Å². The topological polar surface area (TPSA) is 94.5 Å². The second-order valence-corrected chi connectivity index (χ2v) is 6.35. The second kappa shape index (κ2) is 10.8. The van der Waals surface area contributed by atoms with Gasteiger partial charge in [-0.3, -0.25) is 9.80 Å². The van der Waals surface area contributed by atoms with Crippen LogP contribution < -0.4 is 0 Å². The van der Waals surface area contributed by atoms with Gasteiger partial charge in [-0.25, -0.2) is 0 Å². The van der Waals surface area contributed by atoms with Crippen LogP contribution in [0.25, 0.3) is 0 Å². The van der Waals surface area contributed by atoms with Crippen molar-refractivity contribution in [1.29, 1.82) is 10.5 Å². The maximum absolute atomic E-state index is 9.92. The van der Waals surface area contributed by atoms with E-state index in [0.29, 0.717) is 26.2 Å². The van der Waals surface area contributed by atoms with Crippen molar-refractivity contribution in [3.63, 3.8) is 0 Å². The third kappa shape index (κ3) is 6.63. The Bertz CT molecular complexity index is 743. The quantitative estimate of drug-likeness (QED) is 0.630. The van der Waals surface area contributed by atoms with Crippen molar-refractivity contribution in [2.24, 2.45) is 0 Å². The van der Waals surface area contributed by atoms with Gasteiger partial charge < -0.3 is 10.2 Å². The number of nitrogens with zero attached hydrogens (tertiary/aromatic N) is 4. The molecule has 6 heteroatoms. The molecule has 0 aliphatic rings. The number of hydrogen-bond acceptors (Lipinski definition) is 6. The van der Waals surface area contributed by atoms with Gasteiger partial charge in [0.05, 0.1) is 25.2 Å². The fourth-order valence-corrected chi connectivity index (χ4v) is 2.92. The van der Waals surface area contributed by atoms with Crippen molar-refractivity contribution >= 4 is 0 Å². The summed E-state index contributed by atoms with van der Waals surface area (Å²) in [5.74, 6) is 0.456. The fraction of sp³-hybridized carbons (Fsp3) is 0.333. The van der Waals surface area contributed by atoms with Crippen LogP contribution in [0.4, 0.5) is 0 Å². The molecule has 0 spiro atoms. The first-order valence-corrected chi connectivity index (χ1v) is 8.86. The SMILES string of the molecule is N#CCN(CCCN(CC#N)Cc1ccccc1O)Cc1ccccc1O.